The highest BCUT2D eigenvalue weighted by molar-refractivity contribution is 7.89. The summed E-state index contributed by atoms with van der Waals surface area (Å²) in [7, 11) is -2.63. The van der Waals surface area contributed by atoms with Gasteiger partial charge >= 0.3 is 11.3 Å². The number of rotatable bonds is 5. The average molecular weight is 376 g/mol. The van der Waals surface area contributed by atoms with Gasteiger partial charge in [-0.25, -0.2) is 17.9 Å². The van der Waals surface area contributed by atoms with Gasteiger partial charge in [0.15, 0.2) is 0 Å². The van der Waals surface area contributed by atoms with Crippen molar-refractivity contribution in [3.8, 4) is 11.5 Å². The Morgan fingerprint density at radius 2 is 1.85 bits per heavy atom. The second kappa shape index (κ2) is 6.58. The Kier molecular flexibility index (Phi) is 4.45. The third-order valence-electron chi connectivity index (χ3n) is 3.53. The average Bonchev–Trinajstić information content (AvgIpc) is 2.61. The van der Waals surface area contributed by atoms with Crippen molar-refractivity contribution in [2.75, 3.05) is 7.05 Å². The maximum atomic E-state index is 11.8. The van der Waals surface area contributed by atoms with Crippen LogP contribution >= 0.6 is 0 Å². The zero-order valence-electron chi connectivity index (χ0n) is 13.3. The van der Waals surface area contributed by atoms with Crippen molar-refractivity contribution < 1.29 is 22.5 Å². The van der Waals surface area contributed by atoms with Crippen LogP contribution in [0.15, 0.2) is 62.6 Å². The van der Waals surface area contributed by atoms with Gasteiger partial charge in [-0.2, -0.15) is 0 Å². The second-order valence-electron chi connectivity index (χ2n) is 5.15. The van der Waals surface area contributed by atoms with E-state index in [0.29, 0.717) is 5.39 Å². The molecule has 0 aliphatic rings. The molecule has 26 heavy (non-hydrogen) atoms. The fourth-order valence-electron chi connectivity index (χ4n) is 2.24. The van der Waals surface area contributed by atoms with Crippen molar-refractivity contribution in [1.29, 1.82) is 0 Å². The van der Waals surface area contributed by atoms with Crippen LogP contribution in [-0.2, 0) is 10.0 Å². The van der Waals surface area contributed by atoms with Gasteiger partial charge in [0.1, 0.15) is 11.3 Å². The van der Waals surface area contributed by atoms with Crippen LogP contribution in [0.3, 0.4) is 0 Å². The third-order valence-corrected chi connectivity index (χ3v) is 4.94. The number of nitro benzene ring substituents is 1. The van der Waals surface area contributed by atoms with E-state index in [0.717, 1.165) is 6.07 Å². The van der Waals surface area contributed by atoms with Crippen molar-refractivity contribution in [2.45, 2.75) is 4.90 Å². The Morgan fingerprint density at radius 1 is 1.12 bits per heavy atom. The lowest BCUT2D eigenvalue weighted by Gasteiger charge is -2.08. The van der Waals surface area contributed by atoms with E-state index in [4.69, 9.17) is 9.15 Å². The lowest BCUT2D eigenvalue weighted by Crippen LogP contribution is -2.18. The van der Waals surface area contributed by atoms with Gasteiger partial charge in [-0.05, 0) is 37.4 Å². The molecule has 2 aromatic carbocycles. The summed E-state index contributed by atoms with van der Waals surface area (Å²) in [5, 5.41) is 11.9. The van der Waals surface area contributed by atoms with E-state index >= 15 is 0 Å². The third kappa shape index (κ3) is 3.41. The first kappa shape index (κ1) is 17.6. The summed E-state index contributed by atoms with van der Waals surface area (Å²) in [4.78, 5) is 21.6. The number of hydrogen-bond acceptors (Lipinski definition) is 7. The molecule has 0 aliphatic carbocycles. The van der Waals surface area contributed by atoms with Crippen LogP contribution in [0.5, 0.6) is 11.5 Å². The molecule has 0 atom stereocenters. The van der Waals surface area contributed by atoms with Crippen molar-refractivity contribution in [3.63, 3.8) is 0 Å². The molecule has 3 aromatic rings. The number of nitrogens with zero attached hydrogens (tertiary/aromatic N) is 1. The first-order valence-corrected chi connectivity index (χ1v) is 8.72. The Bertz CT molecular complexity index is 1170. The Balaban J connectivity index is 2.04. The summed E-state index contributed by atoms with van der Waals surface area (Å²) in [6.07, 6.45) is 0. The van der Waals surface area contributed by atoms with Crippen LogP contribution in [0, 0.1) is 10.1 Å². The summed E-state index contributed by atoms with van der Waals surface area (Å²) in [6, 6.07) is 10.7. The molecule has 0 saturated carbocycles. The first-order valence-electron chi connectivity index (χ1n) is 7.24. The number of fused-ring (bicyclic) bond motifs is 1. The van der Waals surface area contributed by atoms with E-state index in [1.165, 1.54) is 31.3 Å². The largest absolute Gasteiger partial charge is 0.450 e. The van der Waals surface area contributed by atoms with Crippen molar-refractivity contribution in [1.82, 2.24) is 4.72 Å². The molecular formula is C16H12N2O7S. The minimum atomic E-state index is -3.84. The Morgan fingerprint density at radius 3 is 2.54 bits per heavy atom. The minimum Gasteiger partial charge on any atom is -0.450 e. The van der Waals surface area contributed by atoms with Gasteiger partial charge in [0.25, 0.3) is 0 Å². The SMILES string of the molecule is CNS(=O)(=O)c1ccc(Oc2ccc3ccc(=O)oc3c2)c([N+](=O)[O-])c1. The topological polar surface area (TPSA) is 129 Å². The molecule has 0 saturated heterocycles. The van der Waals surface area contributed by atoms with Gasteiger partial charge in [0, 0.05) is 23.6 Å². The lowest BCUT2D eigenvalue weighted by atomic mass is 10.2. The molecule has 0 bridgehead atoms. The van der Waals surface area contributed by atoms with Crippen LogP contribution < -0.4 is 15.1 Å². The predicted octanol–water partition coefficient (Wildman–Crippen LogP) is 2.40. The number of nitro groups is 1. The number of hydrogen-bond donors (Lipinski definition) is 1. The molecular weight excluding hydrogens is 364 g/mol. The van der Waals surface area contributed by atoms with Crippen LogP contribution in [0.4, 0.5) is 5.69 Å². The zero-order valence-corrected chi connectivity index (χ0v) is 14.1. The van der Waals surface area contributed by atoms with Gasteiger partial charge in [-0.3, -0.25) is 10.1 Å². The van der Waals surface area contributed by atoms with Gasteiger partial charge in [0.2, 0.25) is 15.8 Å². The zero-order chi connectivity index (χ0) is 18.9. The minimum absolute atomic E-state index is 0.150. The van der Waals surface area contributed by atoms with Gasteiger partial charge < -0.3 is 9.15 Å². The molecule has 0 unspecified atom stereocenters. The lowest BCUT2D eigenvalue weighted by molar-refractivity contribution is -0.385. The fourth-order valence-corrected chi connectivity index (χ4v) is 2.99. The highest BCUT2D eigenvalue weighted by Crippen LogP contribution is 2.34. The number of benzene rings is 2. The molecule has 0 spiro atoms. The summed E-state index contributed by atoms with van der Waals surface area (Å²) < 4.78 is 36.2. The van der Waals surface area contributed by atoms with Gasteiger partial charge in [-0.15, -0.1) is 0 Å². The Hall–Kier alpha value is -3.24. The molecule has 1 aromatic heterocycles. The molecule has 10 heteroatoms. The first-order chi connectivity index (χ1) is 12.3. The fraction of sp³-hybridized carbons (Fsp3) is 0.0625. The van der Waals surface area contributed by atoms with E-state index in [2.05, 4.69) is 4.72 Å². The number of ether oxygens (including phenoxy) is 1. The molecule has 3 rings (SSSR count). The van der Waals surface area contributed by atoms with E-state index in [9.17, 15) is 23.3 Å². The van der Waals surface area contributed by atoms with Crippen LogP contribution in [0.1, 0.15) is 0 Å². The molecule has 1 heterocycles. The van der Waals surface area contributed by atoms with Gasteiger partial charge in [0.05, 0.1) is 9.82 Å². The van der Waals surface area contributed by atoms with Gasteiger partial charge in [-0.1, -0.05) is 0 Å². The maximum absolute atomic E-state index is 11.8. The molecule has 0 amide bonds. The molecule has 0 fully saturated rings. The van der Waals surface area contributed by atoms with Crippen LogP contribution in [0.25, 0.3) is 11.0 Å². The van der Waals surface area contributed by atoms with Crippen LogP contribution in [-0.4, -0.2) is 20.4 Å². The summed E-state index contributed by atoms with van der Waals surface area (Å²) in [5.74, 6) is 0.0434. The highest BCUT2D eigenvalue weighted by atomic mass is 32.2. The van der Waals surface area contributed by atoms with E-state index < -0.39 is 26.3 Å². The van der Waals surface area contributed by atoms with Crippen molar-refractivity contribution in [2.24, 2.45) is 0 Å². The smallest absolute Gasteiger partial charge is 0.336 e. The molecule has 0 radical (unpaired) electrons. The highest BCUT2D eigenvalue weighted by Gasteiger charge is 2.22. The Labute approximate surface area is 147 Å². The molecule has 1 N–H and O–H groups in total. The second-order valence-corrected chi connectivity index (χ2v) is 7.04. The van der Waals surface area contributed by atoms with E-state index in [1.54, 1.807) is 18.2 Å². The van der Waals surface area contributed by atoms with E-state index in [1.807, 2.05) is 0 Å². The maximum Gasteiger partial charge on any atom is 0.336 e. The molecule has 134 valence electrons. The quantitative estimate of drug-likeness (QED) is 0.411. The molecule has 0 aliphatic heterocycles. The van der Waals surface area contributed by atoms with Crippen molar-refractivity contribution in [3.05, 3.63) is 69.1 Å². The summed E-state index contributed by atoms with van der Waals surface area (Å²) in [6.45, 7) is 0. The summed E-state index contributed by atoms with van der Waals surface area (Å²) in [5.41, 5.74) is -0.801. The van der Waals surface area contributed by atoms with Crippen molar-refractivity contribution >= 4 is 26.7 Å². The van der Waals surface area contributed by atoms with E-state index in [-0.39, 0.29) is 22.0 Å². The predicted molar refractivity (Wildman–Crippen MR) is 91.9 cm³/mol. The number of sulfonamides is 1. The number of nitrogens with one attached hydrogen (secondary N) is 1. The normalized spacial score (nSPS) is 11.4. The molecule has 9 nitrogen and oxygen atoms in total. The monoisotopic (exact) mass is 376 g/mol. The van der Waals surface area contributed by atoms with Crippen LogP contribution in [0.2, 0.25) is 0 Å². The summed E-state index contributed by atoms with van der Waals surface area (Å²) >= 11 is 0. The standard InChI is InChI=1S/C16H12N2O7S/c1-17-26(22,23)12-5-6-14(13(9-12)18(20)21)24-11-4-2-10-3-7-16(19)25-15(10)8-11/h2-9,17H,1H3.